The number of hydrogen-bond acceptors (Lipinski definition) is 6. The van der Waals surface area contributed by atoms with Crippen molar-refractivity contribution in [2.45, 2.75) is 121 Å². The third kappa shape index (κ3) is 5.50. The lowest BCUT2D eigenvalue weighted by Crippen LogP contribution is -2.60. The monoisotopic (exact) mass is 558 g/mol. The van der Waals surface area contributed by atoms with Gasteiger partial charge in [-0.1, -0.05) is 45.3 Å². The Morgan fingerprint density at radius 3 is 2.52 bits per heavy atom. The van der Waals surface area contributed by atoms with Crippen LogP contribution in [0.5, 0.6) is 0 Å². The maximum Gasteiger partial charge on any atom is 0.312 e. The van der Waals surface area contributed by atoms with Gasteiger partial charge in [0.1, 0.15) is 17.6 Å². The summed E-state index contributed by atoms with van der Waals surface area (Å²) in [5.74, 6) is -2.22. The highest BCUT2D eigenvalue weighted by molar-refractivity contribution is 5.98. The van der Waals surface area contributed by atoms with Gasteiger partial charge in [-0.25, -0.2) is 0 Å². The van der Waals surface area contributed by atoms with Crippen LogP contribution in [0.3, 0.4) is 0 Å². The van der Waals surface area contributed by atoms with Crippen molar-refractivity contribution >= 4 is 17.8 Å². The molecular weight excluding hydrogens is 508 g/mol. The van der Waals surface area contributed by atoms with Crippen molar-refractivity contribution in [3.8, 4) is 0 Å². The number of nitrogens with zero attached hydrogens (tertiary/aromatic N) is 2. The molecule has 0 aromatic carbocycles. The third-order valence-corrected chi connectivity index (χ3v) is 9.72. The molecule has 40 heavy (non-hydrogen) atoms. The Morgan fingerprint density at radius 2 is 1.90 bits per heavy atom. The van der Waals surface area contributed by atoms with E-state index in [0.29, 0.717) is 25.8 Å². The minimum Gasteiger partial charge on any atom is -0.465 e. The van der Waals surface area contributed by atoms with Crippen LogP contribution in [0.1, 0.15) is 91.4 Å². The lowest BCUT2D eigenvalue weighted by Gasteiger charge is -2.42. The Hall–Kier alpha value is -2.19. The zero-order valence-corrected chi connectivity index (χ0v) is 24.8. The van der Waals surface area contributed by atoms with Gasteiger partial charge in [0.05, 0.1) is 30.8 Å². The van der Waals surface area contributed by atoms with Crippen LogP contribution in [0.15, 0.2) is 25.3 Å². The SMILES string of the molecule is C=CCCCCOC(=O)[C@@H]1[C@H]2C(=O)N([C@@H](CO)CC(C)C)C(C(=O)N(CC=C)C3CCCCC3)C23CC[C@@]1(C)O3. The van der Waals surface area contributed by atoms with Gasteiger partial charge in [0.25, 0.3) is 0 Å². The minimum absolute atomic E-state index is 0.0786. The average molecular weight is 559 g/mol. The van der Waals surface area contributed by atoms with Crippen LogP contribution in [0.25, 0.3) is 0 Å². The van der Waals surface area contributed by atoms with E-state index in [1.807, 2.05) is 31.7 Å². The number of carbonyl (C=O) groups excluding carboxylic acids is 3. The first kappa shape index (κ1) is 30.8. The summed E-state index contributed by atoms with van der Waals surface area (Å²) < 4.78 is 12.5. The molecule has 1 saturated carbocycles. The first-order valence-electron chi connectivity index (χ1n) is 15.5. The van der Waals surface area contributed by atoms with E-state index in [1.165, 1.54) is 0 Å². The normalized spacial score (nSPS) is 32.3. The number of hydrogen-bond donors (Lipinski definition) is 1. The smallest absolute Gasteiger partial charge is 0.312 e. The first-order valence-corrected chi connectivity index (χ1v) is 15.5. The summed E-state index contributed by atoms with van der Waals surface area (Å²) in [6.07, 6.45) is 12.8. The largest absolute Gasteiger partial charge is 0.465 e. The Morgan fingerprint density at radius 1 is 1.18 bits per heavy atom. The van der Waals surface area contributed by atoms with E-state index in [9.17, 15) is 19.5 Å². The van der Waals surface area contributed by atoms with Gasteiger partial charge in [-0.3, -0.25) is 14.4 Å². The van der Waals surface area contributed by atoms with Crippen LogP contribution >= 0.6 is 0 Å². The Kier molecular flexibility index (Phi) is 9.82. The molecule has 3 aliphatic heterocycles. The van der Waals surface area contributed by atoms with Gasteiger partial charge in [-0.05, 0) is 64.2 Å². The second kappa shape index (κ2) is 12.8. The summed E-state index contributed by atoms with van der Waals surface area (Å²) in [5, 5.41) is 10.5. The summed E-state index contributed by atoms with van der Waals surface area (Å²) in [4.78, 5) is 46.2. The number of aliphatic hydroxyl groups is 1. The van der Waals surface area contributed by atoms with E-state index in [0.717, 1.165) is 51.4 Å². The van der Waals surface area contributed by atoms with Gasteiger partial charge in [-0.2, -0.15) is 0 Å². The number of esters is 1. The number of likely N-dealkylation sites (tertiary alicyclic amines) is 1. The predicted octanol–water partition coefficient (Wildman–Crippen LogP) is 4.40. The van der Waals surface area contributed by atoms with Gasteiger partial charge in [0.2, 0.25) is 11.8 Å². The maximum atomic E-state index is 14.7. The fraction of sp³-hybridized carbons (Fsp3) is 0.781. The molecule has 1 aliphatic carbocycles. The molecule has 2 unspecified atom stereocenters. The molecule has 1 spiro atoms. The van der Waals surface area contributed by atoms with Crippen molar-refractivity contribution in [3.05, 3.63) is 25.3 Å². The molecular formula is C32H50N2O6. The summed E-state index contributed by atoms with van der Waals surface area (Å²) in [6.45, 7) is 14.1. The molecule has 4 fully saturated rings. The van der Waals surface area contributed by atoms with Gasteiger partial charge < -0.3 is 24.4 Å². The number of rotatable bonds is 14. The van der Waals surface area contributed by atoms with Crippen molar-refractivity contribution in [1.82, 2.24) is 9.80 Å². The lowest BCUT2D eigenvalue weighted by molar-refractivity contribution is -0.162. The molecule has 6 atom stereocenters. The summed E-state index contributed by atoms with van der Waals surface area (Å²) in [5.41, 5.74) is -1.99. The topological polar surface area (TPSA) is 96.4 Å². The van der Waals surface area contributed by atoms with Crippen molar-refractivity contribution in [3.63, 3.8) is 0 Å². The molecule has 4 aliphatic rings. The highest BCUT2D eigenvalue weighted by Crippen LogP contribution is 2.64. The molecule has 224 valence electrons. The number of fused-ring (bicyclic) bond motifs is 1. The number of aliphatic hydroxyl groups excluding tert-OH is 1. The molecule has 3 heterocycles. The molecule has 0 aromatic heterocycles. The van der Waals surface area contributed by atoms with Crippen LogP contribution in [-0.2, 0) is 23.9 Å². The molecule has 4 rings (SSSR count). The van der Waals surface area contributed by atoms with E-state index in [4.69, 9.17) is 9.47 Å². The van der Waals surface area contributed by atoms with E-state index in [-0.39, 0.29) is 37.0 Å². The summed E-state index contributed by atoms with van der Waals surface area (Å²) in [6, 6.07) is -1.35. The van der Waals surface area contributed by atoms with E-state index >= 15 is 0 Å². The number of ether oxygens (including phenoxy) is 2. The lowest BCUT2D eigenvalue weighted by atomic mass is 9.66. The highest BCUT2D eigenvalue weighted by atomic mass is 16.6. The average Bonchev–Trinajstić information content (AvgIpc) is 3.50. The fourth-order valence-electron chi connectivity index (χ4n) is 7.98. The van der Waals surface area contributed by atoms with Crippen LogP contribution in [0.4, 0.5) is 0 Å². The zero-order valence-electron chi connectivity index (χ0n) is 24.8. The van der Waals surface area contributed by atoms with E-state index in [1.54, 1.807) is 11.0 Å². The predicted molar refractivity (Wildman–Crippen MR) is 153 cm³/mol. The second-order valence-electron chi connectivity index (χ2n) is 13.0. The van der Waals surface area contributed by atoms with Crippen molar-refractivity contribution in [2.24, 2.45) is 17.8 Å². The number of unbranched alkanes of at least 4 members (excludes halogenated alkanes) is 2. The van der Waals surface area contributed by atoms with Crippen LogP contribution < -0.4 is 0 Å². The van der Waals surface area contributed by atoms with Crippen LogP contribution in [0.2, 0.25) is 0 Å². The molecule has 8 heteroatoms. The Labute approximate surface area is 240 Å². The minimum atomic E-state index is -1.12. The Balaban J connectivity index is 1.71. The second-order valence-corrected chi connectivity index (χ2v) is 13.0. The van der Waals surface area contributed by atoms with E-state index < -0.39 is 41.1 Å². The molecule has 8 nitrogen and oxygen atoms in total. The quantitative estimate of drug-likeness (QED) is 0.193. The first-order chi connectivity index (χ1) is 19.1. The Bertz CT molecular complexity index is 961. The molecule has 0 radical (unpaired) electrons. The summed E-state index contributed by atoms with van der Waals surface area (Å²) >= 11 is 0. The van der Waals surface area contributed by atoms with Gasteiger partial charge in [-0.15, -0.1) is 13.2 Å². The standard InChI is InChI=1S/C32H50N2O6/c1-6-8-9-13-19-39-30(38)26-25-28(36)34(24(21-35)20-22(3)4)27(32(25)17-16-31(26,5)40-32)29(37)33(18-7-2)23-14-11-10-12-15-23/h6-7,22-27,35H,1-2,8-21H2,3-5H3/t24-,25+,26+,27?,31-,32?/m1/s1. The molecule has 0 aromatic rings. The number of amides is 2. The van der Waals surface area contributed by atoms with Crippen LogP contribution in [0, 0.1) is 17.8 Å². The highest BCUT2D eigenvalue weighted by Gasteiger charge is 2.79. The maximum absolute atomic E-state index is 14.7. The molecule has 3 saturated heterocycles. The van der Waals surface area contributed by atoms with Gasteiger partial charge >= 0.3 is 5.97 Å². The van der Waals surface area contributed by atoms with Crippen molar-refractivity contribution in [1.29, 1.82) is 0 Å². The fourth-order valence-corrected chi connectivity index (χ4v) is 7.98. The molecule has 2 amide bonds. The zero-order chi connectivity index (χ0) is 29.1. The number of allylic oxidation sites excluding steroid dienone is 1. The number of carbonyl (C=O) groups is 3. The van der Waals surface area contributed by atoms with Crippen molar-refractivity contribution < 1.29 is 29.0 Å². The molecule has 2 bridgehead atoms. The van der Waals surface area contributed by atoms with Gasteiger partial charge in [0, 0.05) is 12.6 Å². The summed E-state index contributed by atoms with van der Waals surface area (Å²) in [7, 11) is 0. The van der Waals surface area contributed by atoms with Gasteiger partial charge in [0.15, 0.2) is 0 Å². The van der Waals surface area contributed by atoms with Crippen molar-refractivity contribution in [2.75, 3.05) is 19.8 Å². The van der Waals surface area contributed by atoms with Crippen LogP contribution in [-0.4, -0.2) is 81.8 Å². The van der Waals surface area contributed by atoms with E-state index in [2.05, 4.69) is 13.2 Å². The molecule has 1 N–H and O–H groups in total. The third-order valence-electron chi connectivity index (χ3n) is 9.72.